The molecule has 0 fully saturated rings. The summed E-state index contributed by atoms with van der Waals surface area (Å²) in [4.78, 5) is 6.59. The first-order valence-corrected chi connectivity index (χ1v) is 9.33. The van der Waals surface area contributed by atoms with Crippen LogP contribution in [0.15, 0.2) is 53.2 Å². The van der Waals surface area contributed by atoms with Crippen molar-refractivity contribution in [1.82, 2.24) is 9.88 Å². The first-order valence-electron chi connectivity index (χ1n) is 9.33. The molecule has 0 bridgehead atoms. The summed E-state index contributed by atoms with van der Waals surface area (Å²) in [7, 11) is 0. The average Bonchev–Trinajstić information content (AvgIpc) is 2.95. The van der Waals surface area contributed by atoms with Crippen LogP contribution in [0.2, 0.25) is 0 Å². The van der Waals surface area contributed by atoms with Crippen LogP contribution in [0.1, 0.15) is 37.2 Å². The van der Waals surface area contributed by atoms with Gasteiger partial charge in [-0.25, -0.2) is 0 Å². The minimum atomic E-state index is 0.281. The molecule has 138 valence electrons. The van der Waals surface area contributed by atoms with E-state index >= 15 is 0 Å². The Bertz CT molecular complexity index is 811. The van der Waals surface area contributed by atoms with Gasteiger partial charge < -0.3 is 9.15 Å². The Hall–Kier alpha value is -2.17. The molecule has 0 spiro atoms. The second kappa shape index (κ2) is 8.97. The van der Waals surface area contributed by atoms with Gasteiger partial charge in [0.2, 0.25) is 0 Å². The SMILES string of the molecule is Cc1oc2ccccc2c1CN(CCCOC(C)C)Cc1ccncc1. The van der Waals surface area contributed by atoms with Crippen molar-refractivity contribution in [2.75, 3.05) is 13.2 Å². The van der Waals surface area contributed by atoms with Crippen LogP contribution in [0.4, 0.5) is 0 Å². The normalized spacial score (nSPS) is 11.7. The number of ether oxygens (including phenoxy) is 1. The summed E-state index contributed by atoms with van der Waals surface area (Å²) >= 11 is 0. The molecule has 2 heterocycles. The summed E-state index contributed by atoms with van der Waals surface area (Å²) in [6.45, 7) is 9.74. The predicted octanol–water partition coefficient (Wildman–Crippen LogP) is 4.95. The zero-order valence-electron chi connectivity index (χ0n) is 15.9. The number of fused-ring (bicyclic) bond motifs is 1. The Morgan fingerprint density at radius 3 is 2.62 bits per heavy atom. The van der Waals surface area contributed by atoms with Gasteiger partial charge in [-0.1, -0.05) is 18.2 Å². The number of aromatic nitrogens is 1. The van der Waals surface area contributed by atoms with E-state index in [1.54, 1.807) is 0 Å². The lowest BCUT2D eigenvalue weighted by atomic mass is 10.1. The number of para-hydroxylation sites is 1. The molecular weight excluding hydrogens is 324 g/mol. The Morgan fingerprint density at radius 2 is 1.85 bits per heavy atom. The van der Waals surface area contributed by atoms with Gasteiger partial charge in [0.05, 0.1) is 6.10 Å². The van der Waals surface area contributed by atoms with E-state index in [4.69, 9.17) is 9.15 Å². The van der Waals surface area contributed by atoms with Gasteiger partial charge in [-0.2, -0.15) is 0 Å². The molecule has 0 aliphatic rings. The highest BCUT2D eigenvalue weighted by Gasteiger charge is 2.15. The molecule has 26 heavy (non-hydrogen) atoms. The summed E-state index contributed by atoms with van der Waals surface area (Å²) in [5, 5.41) is 1.21. The minimum Gasteiger partial charge on any atom is -0.461 e. The summed E-state index contributed by atoms with van der Waals surface area (Å²) in [5.74, 6) is 1.00. The maximum absolute atomic E-state index is 5.95. The molecule has 1 aromatic carbocycles. The molecule has 0 radical (unpaired) electrons. The van der Waals surface area contributed by atoms with E-state index in [1.807, 2.05) is 24.5 Å². The minimum absolute atomic E-state index is 0.281. The molecule has 0 aliphatic heterocycles. The first-order chi connectivity index (χ1) is 12.6. The molecule has 3 aromatic rings. The largest absolute Gasteiger partial charge is 0.461 e. The van der Waals surface area contributed by atoms with E-state index in [1.165, 1.54) is 16.5 Å². The van der Waals surface area contributed by atoms with E-state index in [0.29, 0.717) is 0 Å². The van der Waals surface area contributed by atoms with Crippen LogP contribution in [0, 0.1) is 6.92 Å². The second-order valence-corrected chi connectivity index (χ2v) is 6.97. The topological polar surface area (TPSA) is 38.5 Å². The van der Waals surface area contributed by atoms with Crippen molar-refractivity contribution in [3.05, 3.63) is 65.7 Å². The lowest BCUT2D eigenvalue weighted by molar-refractivity contribution is 0.0693. The van der Waals surface area contributed by atoms with Gasteiger partial charge in [-0.15, -0.1) is 0 Å². The average molecular weight is 352 g/mol. The Labute approximate surface area is 155 Å². The van der Waals surface area contributed by atoms with Crippen LogP contribution >= 0.6 is 0 Å². The van der Waals surface area contributed by atoms with Gasteiger partial charge in [0.1, 0.15) is 11.3 Å². The summed E-state index contributed by atoms with van der Waals surface area (Å²) < 4.78 is 11.7. The lowest BCUT2D eigenvalue weighted by Gasteiger charge is -2.23. The highest BCUT2D eigenvalue weighted by atomic mass is 16.5. The molecule has 4 heteroatoms. The van der Waals surface area contributed by atoms with Crippen molar-refractivity contribution in [2.24, 2.45) is 0 Å². The molecule has 3 rings (SSSR count). The molecule has 0 saturated heterocycles. The fourth-order valence-corrected chi connectivity index (χ4v) is 3.21. The van der Waals surface area contributed by atoms with Crippen molar-refractivity contribution in [3.63, 3.8) is 0 Å². The summed E-state index contributed by atoms with van der Waals surface area (Å²) in [5.41, 5.74) is 3.52. The molecule has 4 nitrogen and oxygen atoms in total. The van der Waals surface area contributed by atoms with Crippen molar-refractivity contribution in [1.29, 1.82) is 0 Å². The number of hydrogen-bond donors (Lipinski definition) is 0. The predicted molar refractivity (Wildman–Crippen MR) is 105 cm³/mol. The highest BCUT2D eigenvalue weighted by molar-refractivity contribution is 5.82. The molecule has 0 aliphatic carbocycles. The van der Waals surface area contributed by atoms with Crippen LogP contribution in [-0.2, 0) is 17.8 Å². The second-order valence-electron chi connectivity index (χ2n) is 6.97. The van der Waals surface area contributed by atoms with Crippen LogP contribution in [-0.4, -0.2) is 29.1 Å². The fourth-order valence-electron chi connectivity index (χ4n) is 3.21. The van der Waals surface area contributed by atoms with Crippen molar-refractivity contribution < 1.29 is 9.15 Å². The molecular formula is C22H28N2O2. The van der Waals surface area contributed by atoms with E-state index in [2.05, 4.69) is 54.9 Å². The van der Waals surface area contributed by atoms with Crippen molar-refractivity contribution in [3.8, 4) is 0 Å². The fraction of sp³-hybridized carbons (Fsp3) is 0.409. The van der Waals surface area contributed by atoms with Gasteiger partial charge in [-0.05, 0) is 51.0 Å². The first kappa shape index (κ1) is 18.6. The molecule has 0 N–H and O–H groups in total. The number of nitrogens with zero attached hydrogens (tertiary/aromatic N) is 2. The zero-order valence-corrected chi connectivity index (χ0v) is 15.9. The number of rotatable bonds is 9. The number of hydrogen-bond acceptors (Lipinski definition) is 4. The Kier molecular flexibility index (Phi) is 6.42. The Balaban J connectivity index is 1.74. The highest BCUT2D eigenvalue weighted by Crippen LogP contribution is 2.27. The van der Waals surface area contributed by atoms with Crippen LogP contribution in [0.3, 0.4) is 0 Å². The van der Waals surface area contributed by atoms with Crippen LogP contribution < -0.4 is 0 Å². The third kappa shape index (κ3) is 4.93. The molecule has 0 saturated carbocycles. The van der Waals surface area contributed by atoms with Crippen LogP contribution in [0.5, 0.6) is 0 Å². The van der Waals surface area contributed by atoms with Crippen molar-refractivity contribution >= 4 is 11.0 Å². The van der Waals surface area contributed by atoms with E-state index in [-0.39, 0.29) is 6.10 Å². The van der Waals surface area contributed by atoms with Gasteiger partial charge in [0.15, 0.2) is 0 Å². The quantitative estimate of drug-likeness (QED) is 0.511. The molecule has 0 unspecified atom stereocenters. The molecule has 0 amide bonds. The monoisotopic (exact) mass is 352 g/mol. The number of benzene rings is 1. The number of furan rings is 1. The lowest BCUT2D eigenvalue weighted by Crippen LogP contribution is -2.25. The van der Waals surface area contributed by atoms with E-state index < -0.39 is 0 Å². The van der Waals surface area contributed by atoms with E-state index in [9.17, 15) is 0 Å². The van der Waals surface area contributed by atoms with Crippen molar-refractivity contribution in [2.45, 2.75) is 46.4 Å². The van der Waals surface area contributed by atoms with Gasteiger partial charge >= 0.3 is 0 Å². The van der Waals surface area contributed by atoms with Gasteiger partial charge in [0, 0.05) is 49.6 Å². The molecule has 0 atom stereocenters. The third-order valence-corrected chi connectivity index (χ3v) is 4.51. The number of aryl methyl sites for hydroxylation is 1. The maximum atomic E-state index is 5.95. The standard InChI is InChI=1S/C22H28N2O2/c1-17(2)25-14-6-13-24(15-19-9-11-23-12-10-19)16-21-18(3)26-22-8-5-4-7-20(21)22/h4-5,7-12,17H,6,13-16H2,1-3H3. The summed E-state index contributed by atoms with van der Waals surface area (Å²) in [6.07, 6.45) is 5.00. The Morgan fingerprint density at radius 1 is 1.08 bits per heavy atom. The van der Waals surface area contributed by atoms with Gasteiger partial charge in [0.25, 0.3) is 0 Å². The number of pyridine rings is 1. The summed E-state index contributed by atoms with van der Waals surface area (Å²) in [6, 6.07) is 12.4. The van der Waals surface area contributed by atoms with Crippen LogP contribution in [0.25, 0.3) is 11.0 Å². The smallest absolute Gasteiger partial charge is 0.134 e. The van der Waals surface area contributed by atoms with E-state index in [0.717, 1.165) is 44.0 Å². The van der Waals surface area contributed by atoms with Gasteiger partial charge in [-0.3, -0.25) is 9.88 Å². The molecule has 2 aromatic heterocycles. The maximum Gasteiger partial charge on any atom is 0.134 e. The zero-order chi connectivity index (χ0) is 18.4. The third-order valence-electron chi connectivity index (χ3n) is 4.51.